The van der Waals surface area contributed by atoms with Crippen molar-refractivity contribution >= 4 is 0 Å². The second kappa shape index (κ2) is 9.88. The first-order valence-electron chi connectivity index (χ1n) is 4.41. The van der Waals surface area contributed by atoms with Crippen molar-refractivity contribution in [2.24, 2.45) is 0 Å². The predicted molar refractivity (Wildman–Crippen MR) is 52.1 cm³/mol. The third-order valence-corrected chi connectivity index (χ3v) is 1.36. The van der Waals surface area contributed by atoms with Crippen LogP contribution in [0, 0.1) is 0 Å². The first-order chi connectivity index (χ1) is 5.41. The molecule has 11 heavy (non-hydrogen) atoms. The van der Waals surface area contributed by atoms with Gasteiger partial charge in [-0.3, -0.25) is 0 Å². The molecular formula is C8H24N2O. The Labute approximate surface area is 72.5 Å². The first kappa shape index (κ1) is 10.9. The molecule has 0 aromatic rings. The lowest BCUT2D eigenvalue weighted by Crippen LogP contribution is -2.29. The Hall–Kier alpha value is -0.120. The van der Waals surface area contributed by atoms with Crippen molar-refractivity contribution in [3.63, 3.8) is 0 Å². The summed E-state index contributed by atoms with van der Waals surface area (Å²) >= 11 is 0. The van der Waals surface area contributed by atoms with Crippen molar-refractivity contribution in [3.05, 3.63) is 0 Å². The SMILES string of the molecule is CCNCCNCCOCC.[HH].[HH]. The summed E-state index contributed by atoms with van der Waals surface area (Å²) in [5.41, 5.74) is 0. The standard InChI is InChI=1S/C8H20N2O.2H2/c1-3-9-5-6-10-7-8-11-4-2;;/h9-10H,3-8H2,1-2H3;2*1H. The van der Waals surface area contributed by atoms with E-state index in [0.29, 0.717) is 0 Å². The Morgan fingerprint density at radius 1 is 1.09 bits per heavy atom. The second-order valence-electron chi connectivity index (χ2n) is 2.30. The second-order valence-corrected chi connectivity index (χ2v) is 2.30. The van der Waals surface area contributed by atoms with Crippen LogP contribution in [-0.4, -0.2) is 39.4 Å². The van der Waals surface area contributed by atoms with Crippen LogP contribution in [0.4, 0.5) is 0 Å². The van der Waals surface area contributed by atoms with Crippen molar-refractivity contribution in [2.75, 3.05) is 39.4 Å². The van der Waals surface area contributed by atoms with E-state index < -0.39 is 0 Å². The van der Waals surface area contributed by atoms with Crippen LogP contribution in [-0.2, 0) is 4.74 Å². The molecule has 0 saturated carbocycles. The lowest BCUT2D eigenvalue weighted by Gasteiger charge is -2.04. The third-order valence-electron chi connectivity index (χ3n) is 1.36. The number of hydrogen-bond donors (Lipinski definition) is 2. The molecule has 0 saturated heterocycles. The Morgan fingerprint density at radius 3 is 2.45 bits per heavy atom. The number of ether oxygens (including phenoxy) is 1. The van der Waals surface area contributed by atoms with Gasteiger partial charge in [0.25, 0.3) is 0 Å². The van der Waals surface area contributed by atoms with Crippen LogP contribution in [0.1, 0.15) is 16.7 Å². The summed E-state index contributed by atoms with van der Waals surface area (Å²) in [7, 11) is 0. The summed E-state index contributed by atoms with van der Waals surface area (Å²) in [6, 6.07) is 0. The summed E-state index contributed by atoms with van der Waals surface area (Å²) in [6.07, 6.45) is 0. The highest BCUT2D eigenvalue weighted by Crippen LogP contribution is 1.69. The van der Waals surface area contributed by atoms with Gasteiger partial charge in [-0.1, -0.05) is 6.92 Å². The van der Waals surface area contributed by atoms with Crippen LogP contribution in [0.2, 0.25) is 0 Å². The van der Waals surface area contributed by atoms with Crippen molar-refractivity contribution < 1.29 is 7.59 Å². The van der Waals surface area contributed by atoms with Crippen molar-refractivity contribution in [1.82, 2.24) is 10.6 Å². The normalized spacial score (nSPS) is 10.4. The van der Waals surface area contributed by atoms with Gasteiger partial charge in [-0.15, -0.1) is 0 Å². The molecule has 0 heterocycles. The minimum absolute atomic E-state index is 0. The first-order valence-corrected chi connectivity index (χ1v) is 4.41. The van der Waals surface area contributed by atoms with Gasteiger partial charge in [-0.2, -0.15) is 0 Å². The molecule has 0 aromatic heterocycles. The molecule has 0 fully saturated rings. The lowest BCUT2D eigenvalue weighted by atomic mass is 10.5. The summed E-state index contributed by atoms with van der Waals surface area (Å²) in [5, 5.41) is 6.50. The van der Waals surface area contributed by atoms with E-state index in [-0.39, 0.29) is 2.85 Å². The summed E-state index contributed by atoms with van der Waals surface area (Å²) in [6.45, 7) is 9.84. The van der Waals surface area contributed by atoms with Gasteiger partial charge in [0.05, 0.1) is 6.61 Å². The van der Waals surface area contributed by atoms with Gasteiger partial charge in [0, 0.05) is 29.1 Å². The molecule has 3 heteroatoms. The molecule has 0 spiro atoms. The molecule has 0 unspecified atom stereocenters. The molecule has 0 bridgehead atoms. The molecule has 3 nitrogen and oxygen atoms in total. The van der Waals surface area contributed by atoms with Crippen LogP contribution < -0.4 is 10.6 Å². The minimum atomic E-state index is 0. The van der Waals surface area contributed by atoms with Gasteiger partial charge in [-0.05, 0) is 13.5 Å². The van der Waals surface area contributed by atoms with E-state index in [1.807, 2.05) is 6.92 Å². The highest BCUT2D eigenvalue weighted by molar-refractivity contribution is 4.49. The number of nitrogens with one attached hydrogen (secondary N) is 2. The van der Waals surface area contributed by atoms with Crippen molar-refractivity contribution in [2.45, 2.75) is 13.8 Å². The average Bonchev–Trinajstić information content (AvgIpc) is 2.03. The molecule has 2 N–H and O–H groups in total. The zero-order valence-corrected chi connectivity index (χ0v) is 7.65. The van der Waals surface area contributed by atoms with E-state index >= 15 is 0 Å². The maximum atomic E-state index is 5.16. The molecular weight excluding hydrogens is 140 g/mol. The predicted octanol–water partition coefficient (Wildman–Crippen LogP) is 0.714. The van der Waals surface area contributed by atoms with E-state index in [2.05, 4.69) is 17.6 Å². The Balaban J connectivity index is -0.000000500. The molecule has 0 aliphatic carbocycles. The quantitative estimate of drug-likeness (QED) is 0.518. The lowest BCUT2D eigenvalue weighted by molar-refractivity contribution is 0.149. The topological polar surface area (TPSA) is 33.3 Å². The monoisotopic (exact) mass is 164 g/mol. The van der Waals surface area contributed by atoms with Gasteiger partial charge in [0.1, 0.15) is 0 Å². The smallest absolute Gasteiger partial charge is 0.0590 e. The summed E-state index contributed by atoms with van der Waals surface area (Å²) in [5.74, 6) is 0. The fourth-order valence-electron chi connectivity index (χ4n) is 0.767. The molecule has 0 rings (SSSR count). The fourth-order valence-corrected chi connectivity index (χ4v) is 0.767. The molecule has 0 atom stereocenters. The Kier molecular flexibility index (Phi) is 9.77. The maximum absolute atomic E-state index is 5.16. The van der Waals surface area contributed by atoms with E-state index in [4.69, 9.17) is 4.74 Å². The highest BCUT2D eigenvalue weighted by atomic mass is 16.5. The van der Waals surface area contributed by atoms with Gasteiger partial charge in [0.2, 0.25) is 0 Å². The largest absolute Gasteiger partial charge is 0.380 e. The summed E-state index contributed by atoms with van der Waals surface area (Å²) < 4.78 is 5.16. The van der Waals surface area contributed by atoms with Gasteiger partial charge in [-0.25, -0.2) is 0 Å². The molecule has 0 amide bonds. The number of likely N-dealkylation sites (N-methyl/N-ethyl adjacent to an activating group) is 1. The molecule has 0 aromatic carbocycles. The van der Waals surface area contributed by atoms with E-state index in [0.717, 1.165) is 39.4 Å². The minimum Gasteiger partial charge on any atom is -0.380 e. The Bertz CT molecular complexity index is 69.2. The average molecular weight is 164 g/mol. The van der Waals surface area contributed by atoms with Crippen molar-refractivity contribution in [3.8, 4) is 0 Å². The summed E-state index contributed by atoms with van der Waals surface area (Å²) in [4.78, 5) is 0. The molecule has 72 valence electrons. The van der Waals surface area contributed by atoms with Crippen LogP contribution in [0.5, 0.6) is 0 Å². The van der Waals surface area contributed by atoms with E-state index in [1.54, 1.807) is 0 Å². The van der Waals surface area contributed by atoms with E-state index in [9.17, 15) is 0 Å². The number of hydrogen-bond acceptors (Lipinski definition) is 3. The van der Waals surface area contributed by atoms with Gasteiger partial charge >= 0.3 is 0 Å². The van der Waals surface area contributed by atoms with Crippen LogP contribution >= 0.6 is 0 Å². The number of rotatable bonds is 8. The van der Waals surface area contributed by atoms with Crippen LogP contribution in [0.15, 0.2) is 0 Å². The highest BCUT2D eigenvalue weighted by Gasteiger charge is 1.85. The molecule has 0 aliphatic rings. The van der Waals surface area contributed by atoms with Gasteiger partial charge in [0.15, 0.2) is 0 Å². The third kappa shape index (κ3) is 9.88. The maximum Gasteiger partial charge on any atom is 0.0590 e. The molecule has 0 radical (unpaired) electrons. The van der Waals surface area contributed by atoms with Gasteiger partial charge < -0.3 is 15.4 Å². The van der Waals surface area contributed by atoms with Crippen molar-refractivity contribution in [1.29, 1.82) is 0 Å². The van der Waals surface area contributed by atoms with Crippen LogP contribution in [0.3, 0.4) is 0 Å². The zero-order valence-electron chi connectivity index (χ0n) is 7.65. The fraction of sp³-hybridized carbons (Fsp3) is 1.00. The molecule has 0 aliphatic heterocycles. The Morgan fingerprint density at radius 2 is 1.82 bits per heavy atom. The zero-order chi connectivity index (χ0) is 8.36. The van der Waals surface area contributed by atoms with E-state index in [1.165, 1.54) is 0 Å². The van der Waals surface area contributed by atoms with Crippen LogP contribution in [0.25, 0.3) is 0 Å².